The van der Waals surface area contributed by atoms with E-state index in [0.29, 0.717) is 30.8 Å². The number of aliphatic imine (C=N–C) groups is 2. The van der Waals surface area contributed by atoms with Gasteiger partial charge in [-0.3, -0.25) is 30.2 Å². The van der Waals surface area contributed by atoms with Crippen molar-refractivity contribution < 1.29 is 14.0 Å². The topological polar surface area (TPSA) is 192 Å². The summed E-state index contributed by atoms with van der Waals surface area (Å²) in [5.74, 6) is 1.95. The summed E-state index contributed by atoms with van der Waals surface area (Å²) in [5, 5.41) is 35.4. The molecule has 13 heteroatoms. The monoisotopic (exact) mass is 734 g/mol. The van der Waals surface area contributed by atoms with E-state index in [1.54, 1.807) is 27.1 Å². The van der Waals surface area contributed by atoms with Crippen LogP contribution in [-0.4, -0.2) is 63.0 Å². The van der Waals surface area contributed by atoms with Crippen LogP contribution >= 0.6 is 0 Å². The van der Waals surface area contributed by atoms with Crippen molar-refractivity contribution >= 4 is 23.7 Å². The molecule has 0 aliphatic heterocycles. The average molecular weight is 735 g/mol. The molecule has 0 unspecified atom stereocenters. The molecule has 2 fully saturated rings. The second-order valence-electron chi connectivity index (χ2n) is 14.2. The van der Waals surface area contributed by atoms with Gasteiger partial charge in [0.05, 0.1) is 0 Å². The van der Waals surface area contributed by atoms with E-state index in [4.69, 9.17) is 14.9 Å². The Balaban J connectivity index is 0.000000247. The van der Waals surface area contributed by atoms with Crippen molar-refractivity contribution in [2.45, 2.75) is 95.1 Å². The quantitative estimate of drug-likeness (QED) is 0.0776. The Labute approximate surface area is 319 Å². The van der Waals surface area contributed by atoms with Crippen LogP contribution in [0.4, 0.5) is 0 Å². The van der Waals surface area contributed by atoms with Crippen molar-refractivity contribution in [3.63, 3.8) is 0 Å². The summed E-state index contributed by atoms with van der Waals surface area (Å²) in [6.45, 7) is 6.56. The number of benzene rings is 2. The highest BCUT2D eigenvalue weighted by molar-refractivity contribution is 5.91. The molecule has 2 aliphatic rings. The Morgan fingerprint density at radius 3 is 1.52 bits per heavy atom. The molecule has 0 atom stereocenters. The molecule has 3 aromatic rings. The fourth-order valence-corrected chi connectivity index (χ4v) is 7.47. The van der Waals surface area contributed by atoms with E-state index in [1.165, 1.54) is 11.1 Å². The fraction of sp³-hybridized carbons (Fsp3) is 0.463. The fourth-order valence-electron chi connectivity index (χ4n) is 7.47. The minimum absolute atomic E-state index is 0.00387. The summed E-state index contributed by atoms with van der Waals surface area (Å²) in [7, 11) is 3.30. The molecular weight excluding hydrogens is 681 g/mol. The molecule has 0 spiro atoms. The first kappa shape index (κ1) is 40.9. The lowest BCUT2D eigenvalue weighted by Crippen LogP contribution is -2.49. The maximum atomic E-state index is 12.7. The van der Waals surface area contributed by atoms with E-state index in [0.717, 1.165) is 62.7 Å². The molecule has 2 aliphatic carbocycles. The Hall–Kier alpha value is -5.82. The van der Waals surface area contributed by atoms with E-state index in [9.17, 15) is 9.59 Å². The largest absolute Gasteiger partial charge is 0.456 e. The molecule has 1 heterocycles. The molecule has 0 saturated heterocycles. The average Bonchev–Trinajstić information content (AvgIpc) is 3.55. The Kier molecular flexibility index (Phi) is 15.1. The Morgan fingerprint density at radius 2 is 1.17 bits per heavy atom. The standard InChI is InChI=1S/C23H29N5O2.C18H25N5O/c1-16-13-20(30-17(16)2)21(29)26-14-23(18-7-5-4-6-8-18)11-9-19(10-12-23)28-22(25-3)27-15-24;1-14(24)21-12-18(15-6-4-3-5-7-15)10-8-16(9-11-18)23-17(20-2)22-13-19/h4-8,13,19H,9-12,14H2,1-3H3,(H,26,29)(H2,25,27,28);3-7,16H,8-12H2,1-2H3,(H,21,24)(H2,20,22,23). The van der Waals surface area contributed by atoms with E-state index in [1.807, 2.05) is 62.6 Å². The summed E-state index contributed by atoms with van der Waals surface area (Å²) in [4.78, 5) is 32.2. The molecule has 5 rings (SSSR count). The number of aryl methyl sites for hydroxylation is 2. The number of furan rings is 1. The van der Waals surface area contributed by atoms with Gasteiger partial charge in [0, 0.05) is 57.0 Å². The number of guanidine groups is 2. The second kappa shape index (κ2) is 19.9. The third-order valence-electron chi connectivity index (χ3n) is 10.8. The van der Waals surface area contributed by atoms with Gasteiger partial charge < -0.3 is 25.7 Å². The molecule has 0 bridgehead atoms. The van der Waals surface area contributed by atoms with Crippen molar-refractivity contribution in [2.24, 2.45) is 9.98 Å². The van der Waals surface area contributed by atoms with Crippen LogP contribution in [0, 0.1) is 36.8 Å². The molecule has 13 nitrogen and oxygen atoms in total. The normalized spacial score (nSPS) is 22.6. The highest BCUT2D eigenvalue weighted by atomic mass is 16.3. The lowest BCUT2D eigenvalue weighted by molar-refractivity contribution is -0.119. The van der Waals surface area contributed by atoms with Crippen LogP contribution in [0.25, 0.3) is 0 Å². The van der Waals surface area contributed by atoms with Crippen LogP contribution in [0.15, 0.2) is 81.1 Å². The maximum Gasteiger partial charge on any atom is 0.287 e. The van der Waals surface area contributed by atoms with Crippen molar-refractivity contribution in [3.05, 3.63) is 94.9 Å². The predicted molar refractivity (Wildman–Crippen MR) is 210 cm³/mol. The molecule has 2 amide bonds. The summed E-state index contributed by atoms with van der Waals surface area (Å²) in [6, 6.07) is 23.1. The summed E-state index contributed by atoms with van der Waals surface area (Å²) in [5.41, 5.74) is 3.31. The van der Waals surface area contributed by atoms with Crippen LogP contribution in [0.2, 0.25) is 0 Å². The Bertz CT molecular complexity index is 1790. The van der Waals surface area contributed by atoms with E-state index < -0.39 is 0 Å². The zero-order valence-corrected chi connectivity index (χ0v) is 32.1. The van der Waals surface area contributed by atoms with Crippen LogP contribution < -0.4 is 31.9 Å². The van der Waals surface area contributed by atoms with Crippen molar-refractivity contribution in [1.29, 1.82) is 10.5 Å². The minimum atomic E-state index is -0.180. The van der Waals surface area contributed by atoms with Gasteiger partial charge in [0.25, 0.3) is 5.91 Å². The number of hydrogen-bond acceptors (Lipinski definition) is 7. The van der Waals surface area contributed by atoms with Gasteiger partial charge >= 0.3 is 0 Å². The minimum Gasteiger partial charge on any atom is -0.456 e. The number of nitriles is 2. The van der Waals surface area contributed by atoms with Gasteiger partial charge in [-0.2, -0.15) is 10.5 Å². The maximum absolute atomic E-state index is 12.7. The number of rotatable bonds is 9. The Morgan fingerprint density at radius 1 is 0.741 bits per heavy atom. The number of hydrogen-bond donors (Lipinski definition) is 6. The van der Waals surface area contributed by atoms with Gasteiger partial charge in [-0.05, 0) is 88.0 Å². The molecule has 286 valence electrons. The lowest BCUT2D eigenvalue weighted by atomic mass is 9.68. The van der Waals surface area contributed by atoms with Gasteiger partial charge in [-0.15, -0.1) is 0 Å². The summed E-state index contributed by atoms with van der Waals surface area (Å²) >= 11 is 0. The van der Waals surface area contributed by atoms with Crippen LogP contribution in [-0.2, 0) is 15.6 Å². The SMILES string of the molecule is CN=C(NC#N)NC1CCC(CNC(=O)c2cc(C)c(C)o2)(c2ccccc2)CC1.CN=C(NC#N)NC1CCC(CNC(C)=O)(c2ccccc2)CC1. The van der Waals surface area contributed by atoms with Crippen molar-refractivity contribution in [3.8, 4) is 12.4 Å². The molecule has 2 saturated carbocycles. The van der Waals surface area contributed by atoms with Gasteiger partial charge in [0.2, 0.25) is 17.8 Å². The van der Waals surface area contributed by atoms with Gasteiger partial charge in [-0.1, -0.05) is 60.7 Å². The molecule has 54 heavy (non-hydrogen) atoms. The summed E-state index contributed by atoms with van der Waals surface area (Å²) in [6.07, 6.45) is 11.3. The van der Waals surface area contributed by atoms with E-state index in [2.05, 4.69) is 66.2 Å². The van der Waals surface area contributed by atoms with Gasteiger partial charge in [0.1, 0.15) is 5.76 Å². The van der Waals surface area contributed by atoms with Crippen LogP contribution in [0.1, 0.15) is 91.3 Å². The van der Waals surface area contributed by atoms with Crippen molar-refractivity contribution in [1.82, 2.24) is 31.9 Å². The van der Waals surface area contributed by atoms with Crippen LogP contribution in [0.5, 0.6) is 0 Å². The highest BCUT2D eigenvalue weighted by Crippen LogP contribution is 2.40. The first-order chi connectivity index (χ1) is 26.1. The van der Waals surface area contributed by atoms with Crippen molar-refractivity contribution in [2.75, 3.05) is 27.2 Å². The summed E-state index contributed by atoms with van der Waals surface area (Å²) < 4.78 is 5.58. The third-order valence-corrected chi connectivity index (χ3v) is 10.8. The first-order valence-corrected chi connectivity index (χ1v) is 18.5. The first-order valence-electron chi connectivity index (χ1n) is 18.5. The smallest absolute Gasteiger partial charge is 0.287 e. The lowest BCUT2D eigenvalue weighted by Gasteiger charge is -2.41. The molecule has 0 radical (unpaired) electrons. The highest BCUT2D eigenvalue weighted by Gasteiger charge is 2.38. The van der Waals surface area contributed by atoms with Gasteiger partial charge in [-0.25, -0.2) is 0 Å². The van der Waals surface area contributed by atoms with E-state index in [-0.39, 0.29) is 34.7 Å². The molecule has 6 N–H and O–H groups in total. The predicted octanol–water partition coefficient (Wildman–Crippen LogP) is 4.80. The van der Waals surface area contributed by atoms with Crippen LogP contribution in [0.3, 0.4) is 0 Å². The number of carbonyl (C=O) groups is 2. The van der Waals surface area contributed by atoms with Gasteiger partial charge in [0.15, 0.2) is 18.1 Å². The molecule has 2 aromatic carbocycles. The zero-order valence-electron chi connectivity index (χ0n) is 32.1. The number of carbonyl (C=O) groups excluding carboxylic acids is 2. The number of nitrogens with zero attached hydrogens (tertiary/aromatic N) is 4. The van der Waals surface area contributed by atoms with E-state index >= 15 is 0 Å². The number of amides is 2. The molecular formula is C41H54N10O3. The number of nitrogens with one attached hydrogen (secondary N) is 6. The third kappa shape index (κ3) is 11.1. The zero-order chi connectivity index (χ0) is 39.0. The second-order valence-corrected chi connectivity index (χ2v) is 14.2. The molecule has 1 aromatic heterocycles.